The summed E-state index contributed by atoms with van der Waals surface area (Å²) in [6.07, 6.45) is 1.14. The summed E-state index contributed by atoms with van der Waals surface area (Å²) < 4.78 is 13.3. The Morgan fingerprint density at radius 2 is 2.00 bits per heavy atom. The first kappa shape index (κ1) is 14.2. The van der Waals surface area contributed by atoms with Gasteiger partial charge in [0.2, 0.25) is 5.91 Å². The van der Waals surface area contributed by atoms with Gasteiger partial charge in [-0.3, -0.25) is 10.2 Å². The first-order valence-electron chi connectivity index (χ1n) is 5.67. The minimum atomic E-state index is -0.606. The van der Waals surface area contributed by atoms with Crippen LogP contribution in [0.25, 0.3) is 0 Å². The van der Waals surface area contributed by atoms with E-state index >= 15 is 0 Å². The van der Waals surface area contributed by atoms with E-state index in [0.29, 0.717) is 12.8 Å². The van der Waals surface area contributed by atoms with Crippen molar-refractivity contribution < 1.29 is 9.18 Å². The van der Waals surface area contributed by atoms with Crippen LogP contribution < -0.4 is 11.5 Å². The number of benzene rings is 1. The summed E-state index contributed by atoms with van der Waals surface area (Å²) in [5, 5.41) is 7.26. The molecule has 0 radical (unpaired) electrons. The van der Waals surface area contributed by atoms with Crippen LogP contribution >= 0.6 is 0 Å². The number of amides is 1. The molecule has 0 aliphatic carbocycles. The van der Waals surface area contributed by atoms with Crippen LogP contribution in [0, 0.1) is 16.6 Å². The highest BCUT2D eigenvalue weighted by Gasteiger charge is 2.24. The van der Waals surface area contributed by atoms with Crippen molar-refractivity contribution in [2.45, 2.75) is 26.7 Å². The molecule has 0 unspecified atom stereocenters. The molecule has 98 valence electrons. The van der Waals surface area contributed by atoms with Gasteiger partial charge in [0.25, 0.3) is 0 Å². The van der Waals surface area contributed by atoms with Crippen LogP contribution in [-0.2, 0) is 11.2 Å². The van der Waals surface area contributed by atoms with Crippen LogP contribution in [0.15, 0.2) is 18.2 Å². The maximum atomic E-state index is 13.3. The summed E-state index contributed by atoms with van der Waals surface area (Å²) in [5.41, 5.74) is 10.9. The van der Waals surface area contributed by atoms with Crippen molar-refractivity contribution >= 4 is 11.7 Å². The van der Waals surface area contributed by atoms with Crippen LogP contribution in [0.3, 0.4) is 0 Å². The Bertz CT molecular complexity index is 483. The quantitative estimate of drug-likeness (QED) is 0.547. The number of nitrogens with two attached hydrogens (primary N) is 2. The first-order valence-corrected chi connectivity index (χ1v) is 5.67. The second-order valence-electron chi connectivity index (χ2n) is 4.98. The fourth-order valence-corrected chi connectivity index (χ4v) is 1.51. The predicted octanol–water partition coefficient (Wildman–Crippen LogP) is 1.55. The zero-order chi connectivity index (χ0) is 13.9. The third-order valence-electron chi connectivity index (χ3n) is 3.03. The van der Waals surface area contributed by atoms with E-state index in [9.17, 15) is 9.18 Å². The molecule has 0 bridgehead atoms. The number of halogens is 1. The Balaban J connectivity index is 2.84. The van der Waals surface area contributed by atoms with Crippen molar-refractivity contribution in [2.24, 2.45) is 16.9 Å². The van der Waals surface area contributed by atoms with E-state index in [1.807, 2.05) is 0 Å². The lowest BCUT2D eigenvalue weighted by molar-refractivity contribution is -0.126. The molecule has 1 aromatic carbocycles. The van der Waals surface area contributed by atoms with Gasteiger partial charge in [0.1, 0.15) is 11.7 Å². The summed E-state index contributed by atoms with van der Waals surface area (Å²) in [5.74, 6) is -1.18. The Hall–Kier alpha value is -1.91. The average Bonchev–Trinajstić information content (AvgIpc) is 2.27. The molecule has 0 spiro atoms. The number of carbonyl (C=O) groups excluding carboxylic acids is 1. The maximum absolute atomic E-state index is 13.3. The molecule has 5 heteroatoms. The van der Waals surface area contributed by atoms with E-state index in [1.54, 1.807) is 19.9 Å². The highest BCUT2D eigenvalue weighted by molar-refractivity contribution is 5.95. The first-order chi connectivity index (χ1) is 8.24. The SMILES string of the molecule is CC(C)(CCc1ccc(F)c(C(=N)N)c1)C(N)=O. The van der Waals surface area contributed by atoms with Gasteiger partial charge in [-0.25, -0.2) is 4.39 Å². The van der Waals surface area contributed by atoms with Gasteiger partial charge in [0, 0.05) is 5.41 Å². The van der Waals surface area contributed by atoms with E-state index in [2.05, 4.69) is 0 Å². The summed E-state index contributed by atoms with van der Waals surface area (Å²) >= 11 is 0. The normalized spacial score (nSPS) is 11.3. The third-order valence-corrected chi connectivity index (χ3v) is 3.03. The molecule has 5 N–H and O–H groups in total. The summed E-state index contributed by atoms with van der Waals surface area (Å²) in [4.78, 5) is 11.2. The minimum Gasteiger partial charge on any atom is -0.384 e. The van der Waals surface area contributed by atoms with E-state index in [4.69, 9.17) is 16.9 Å². The number of nitrogen functional groups attached to an aromatic ring is 1. The number of hydrogen-bond donors (Lipinski definition) is 3. The lowest BCUT2D eigenvalue weighted by Crippen LogP contribution is -2.31. The summed E-state index contributed by atoms with van der Waals surface area (Å²) in [6, 6.07) is 4.44. The Morgan fingerprint density at radius 1 is 1.39 bits per heavy atom. The molecule has 0 fully saturated rings. The van der Waals surface area contributed by atoms with Crippen LogP contribution in [0.5, 0.6) is 0 Å². The van der Waals surface area contributed by atoms with Crippen molar-refractivity contribution in [1.29, 1.82) is 5.41 Å². The van der Waals surface area contributed by atoms with Gasteiger partial charge in [0.05, 0.1) is 5.56 Å². The lowest BCUT2D eigenvalue weighted by Gasteiger charge is -2.20. The number of nitrogens with one attached hydrogen (secondary N) is 1. The van der Waals surface area contributed by atoms with Crippen LogP contribution in [0.2, 0.25) is 0 Å². The van der Waals surface area contributed by atoms with E-state index in [0.717, 1.165) is 5.56 Å². The molecule has 0 atom stereocenters. The van der Waals surface area contributed by atoms with Crippen LogP contribution in [-0.4, -0.2) is 11.7 Å². The smallest absolute Gasteiger partial charge is 0.223 e. The molecule has 0 aliphatic heterocycles. The molecule has 0 heterocycles. The third kappa shape index (κ3) is 3.29. The molecule has 0 aliphatic rings. The Morgan fingerprint density at radius 3 is 2.50 bits per heavy atom. The number of primary amides is 1. The number of aryl methyl sites for hydroxylation is 1. The maximum Gasteiger partial charge on any atom is 0.223 e. The van der Waals surface area contributed by atoms with Gasteiger partial charge in [-0.1, -0.05) is 19.9 Å². The van der Waals surface area contributed by atoms with Gasteiger partial charge in [-0.05, 0) is 30.5 Å². The van der Waals surface area contributed by atoms with Crippen molar-refractivity contribution in [3.8, 4) is 0 Å². The van der Waals surface area contributed by atoms with Crippen LogP contribution in [0.1, 0.15) is 31.4 Å². The molecule has 1 rings (SSSR count). The zero-order valence-corrected chi connectivity index (χ0v) is 10.6. The van der Waals surface area contributed by atoms with Gasteiger partial charge in [0.15, 0.2) is 0 Å². The topological polar surface area (TPSA) is 93.0 Å². The van der Waals surface area contributed by atoms with Crippen molar-refractivity contribution in [3.05, 3.63) is 35.1 Å². The van der Waals surface area contributed by atoms with E-state index in [1.165, 1.54) is 12.1 Å². The molecule has 1 aromatic rings. The minimum absolute atomic E-state index is 0.0874. The molecule has 4 nitrogen and oxygen atoms in total. The van der Waals surface area contributed by atoms with E-state index in [-0.39, 0.29) is 17.3 Å². The molecular weight excluding hydrogens is 233 g/mol. The van der Waals surface area contributed by atoms with Crippen molar-refractivity contribution in [2.75, 3.05) is 0 Å². The number of hydrogen-bond acceptors (Lipinski definition) is 2. The molecule has 18 heavy (non-hydrogen) atoms. The standard InChI is InChI=1S/C13H18FN3O/c1-13(2,12(17)18)6-5-8-3-4-10(14)9(7-8)11(15)16/h3-4,7H,5-6H2,1-2H3,(H3,15,16)(H2,17,18). The van der Waals surface area contributed by atoms with Gasteiger partial charge in [-0.2, -0.15) is 0 Å². The number of carbonyl (C=O) groups is 1. The second-order valence-corrected chi connectivity index (χ2v) is 4.98. The van der Waals surface area contributed by atoms with Gasteiger partial charge < -0.3 is 11.5 Å². The average molecular weight is 251 g/mol. The highest BCUT2D eigenvalue weighted by Crippen LogP contribution is 2.23. The predicted molar refractivity (Wildman–Crippen MR) is 68.7 cm³/mol. The number of amidine groups is 1. The number of rotatable bonds is 5. The molecule has 1 amide bonds. The summed E-state index contributed by atoms with van der Waals surface area (Å²) in [6.45, 7) is 3.54. The molecule has 0 saturated carbocycles. The largest absolute Gasteiger partial charge is 0.384 e. The monoisotopic (exact) mass is 251 g/mol. The Labute approximate surface area is 106 Å². The van der Waals surface area contributed by atoms with Gasteiger partial charge in [-0.15, -0.1) is 0 Å². The van der Waals surface area contributed by atoms with Gasteiger partial charge >= 0.3 is 0 Å². The molecular formula is C13H18FN3O. The lowest BCUT2D eigenvalue weighted by atomic mass is 9.85. The summed E-state index contributed by atoms with van der Waals surface area (Å²) in [7, 11) is 0. The Kier molecular flexibility index (Phi) is 4.06. The van der Waals surface area contributed by atoms with Crippen molar-refractivity contribution in [1.82, 2.24) is 0 Å². The molecule has 0 aromatic heterocycles. The molecule has 0 saturated heterocycles. The zero-order valence-electron chi connectivity index (χ0n) is 10.6. The van der Waals surface area contributed by atoms with Crippen LogP contribution in [0.4, 0.5) is 4.39 Å². The second kappa shape index (κ2) is 5.16. The van der Waals surface area contributed by atoms with E-state index < -0.39 is 11.2 Å². The fourth-order valence-electron chi connectivity index (χ4n) is 1.51. The van der Waals surface area contributed by atoms with Crippen molar-refractivity contribution in [3.63, 3.8) is 0 Å². The fraction of sp³-hybridized carbons (Fsp3) is 0.385. The highest BCUT2D eigenvalue weighted by atomic mass is 19.1.